The van der Waals surface area contributed by atoms with Gasteiger partial charge in [-0.05, 0) is 49.9 Å². The second-order valence-electron chi connectivity index (χ2n) is 7.23. The zero-order chi connectivity index (χ0) is 20.7. The lowest BCUT2D eigenvalue weighted by Crippen LogP contribution is -2.38. The van der Waals surface area contributed by atoms with E-state index in [4.69, 9.17) is 4.74 Å². The Hall–Kier alpha value is -2.13. The molecule has 152 valence electrons. The Morgan fingerprint density at radius 2 is 1.89 bits per heavy atom. The standard InChI is InChI=1S/C19H20F3NO4S/c1-18(24)9-3-4-16(18)27-17-15(10-13(11-23-17)19(20,21)22)12-5-7-14(8-6-12)28(2,25)26/h5-8,10-11,16,24H,3-4,9H2,1-2H3/t16-,18-/m1/s1. The average molecular weight is 415 g/mol. The van der Waals surface area contributed by atoms with Crippen molar-refractivity contribution in [3.05, 3.63) is 42.1 Å². The molecule has 1 heterocycles. The number of alkyl halides is 3. The van der Waals surface area contributed by atoms with Gasteiger partial charge in [0.1, 0.15) is 6.10 Å². The van der Waals surface area contributed by atoms with Gasteiger partial charge in [-0.3, -0.25) is 0 Å². The predicted molar refractivity (Wildman–Crippen MR) is 96.7 cm³/mol. The number of nitrogens with zero attached hydrogens (tertiary/aromatic N) is 1. The zero-order valence-electron chi connectivity index (χ0n) is 15.3. The van der Waals surface area contributed by atoms with Gasteiger partial charge in [0.2, 0.25) is 5.88 Å². The maximum absolute atomic E-state index is 13.2. The van der Waals surface area contributed by atoms with E-state index < -0.39 is 33.3 Å². The van der Waals surface area contributed by atoms with Gasteiger partial charge in [0.15, 0.2) is 9.84 Å². The van der Waals surface area contributed by atoms with E-state index in [1.165, 1.54) is 24.3 Å². The summed E-state index contributed by atoms with van der Waals surface area (Å²) in [5.41, 5.74) is -1.63. The molecule has 5 nitrogen and oxygen atoms in total. The summed E-state index contributed by atoms with van der Waals surface area (Å²) >= 11 is 0. The van der Waals surface area contributed by atoms with Gasteiger partial charge in [0.05, 0.1) is 16.1 Å². The minimum atomic E-state index is -4.59. The van der Waals surface area contributed by atoms with Crippen molar-refractivity contribution in [3.63, 3.8) is 0 Å². The molecule has 1 N–H and O–H groups in total. The maximum Gasteiger partial charge on any atom is 0.417 e. The van der Waals surface area contributed by atoms with Gasteiger partial charge in [0.25, 0.3) is 0 Å². The van der Waals surface area contributed by atoms with Gasteiger partial charge in [0, 0.05) is 18.0 Å². The highest BCUT2D eigenvalue weighted by Gasteiger charge is 2.39. The smallest absolute Gasteiger partial charge is 0.417 e. The van der Waals surface area contributed by atoms with Crippen LogP contribution in [0.4, 0.5) is 13.2 Å². The Morgan fingerprint density at radius 3 is 2.39 bits per heavy atom. The van der Waals surface area contributed by atoms with E-state index in [1.807, 2.05) is 0 Å². The highest BCUT2D eigenvalue weighted by atomic mass is 32.2. The molecular weight excluding hydrogens is 395 g/mol. The number of rotatable bonds is 4. The first-order chi connectivity index (χ1) is 12.9. The van der Waals surface area contributed by atoms with E-state index in [1.54, 1.807) is 6.92 Å². The minimum Gasteiger partial charge on any atom is -0.471 e. The van der Waals surface area contributed by atoms with Crippen molar-refractivity contribution in [1.29, 1.82) is 0 Å². The Balaban J connectivity index is 2.05. The predicted octanol–water partition coefficient (Wildman–Crippen LogP) is 3.85. The zero-order valence-corrected chi connectivity index (χ0v) is 16.1. The first kappa shape index (κ1) is 20.6. The second-order valence-corrected chi connectivity index (χ2v) is 9.24. The van der Waals surface area contributed by atoms with Crippen molar-refractivity contribution in [3.8, 4) is 17.0 Å². The van der Waals surface area contributed by atoms with E-state index in [-0.39, 0.29) is 16.3 Å². The first-order valence-electron chi connectivity index (χ1n) is 8.65. The summed E-state index contributed by atoms with van der Waals surface area (Å²) in [4.78, 5) is 3.90. The SMILES string of the molecule is C[C@@]1(O)CCC[C@H]1Oc1ncc(C(F)(F)F)cc1-c1ccc(S(C)(=O)=O)cc1. The van der Waals surface area contributed by atoms with Gasteiger partial charge in [-0.1, -0.05) is 12.1 Å². The van der Waals surface area contributed by atoms with Crippen LogP contribution in [0.2, 0.25) is 0 Å². The van der Waals surface area contributed by atoms with Crippen LogP contribution >= 0.6 is 0 Å². The van der Waals surface area contributed by atoms with E-state index >= 15 is 0 Å². The Bertz CT molecular complexity index is 970. The molecule has 1 aromatic carbocycles. The normalized spacial score (nSPS) is 23.0. The van der Waals surface area contributed by atoms with Gasteiger partial charge in [-0.2, -0.15) is 13.2 Å². The topological polar surface area (TPSA) is 76.5 Å². The van der Waals surface area contributed by atoms with Crippen LogP contribution in [0.25, 0.3) is 11.1 Å². The number of ether oxygens (including phenoxy) is 1. The fraction of sp³-hybridized carbons (Fsp3) is 0.421. The molecule has 0 unspecified atom stereocenters. The van der Waals surface area contributed by atoms with Crippen LogP contribution in [0.1, 0.15) is 31.7 Å². The third-order valence-corrected chi connectivity index (χ3v) is 6.00. The molecule has 0 amide bonds. The molecule has 2 aromatic rings. The molecule has 0 bridgehead atoms. The van der Waals surface area contributed by atoms with Gasteiger partial charge < -0.3 is 9.84 Å². The second kappa shape index (κ2) is 7.04. The molecular formula is C19H20F3NO4S. The summed E-state index contributed by atoms with van der Waals surface area (Å²) < 4.78 is 68.5. The van der Waals surface area contributed by atoms with Crippen LogP contribution in [0.15, 0.2) is 41.4 Å². The highest BCUT2D eigenvalue weighted by molar-refractivity contribution is 7.90. The summed E-state index contributed by atoms with van der Waals surface area (Å²) in [5.74, 6) is -0.0349. The van der Waals surface area contributed by atoms with Crippen LogP contribution in [0.3, 0.4) is 0 Å². The van der Waals surface area contributed by atoms with E-state index in [0.717, 1.165) is 18.7 Å². The number of hydrogen-bond acceptors (Lipinski definition) is 5. The number of sulfone groups is 1. The lowest BCUT2D eigenvalue weighted by molar-refractivity contribution is -0.137. The number of aliphatic hydroxyl groups is 1. The third-order valence-electron chi connectivity index (χ3n) is 4.87. The first-order valence-corrected chi connectivity index (χ1v) is 10.5. The Morgan fingerprint density at radius 1 is 1.25 bits per heavy atom. The fourth-order valence-corrected chi connectivity index (χ4v) is 3.86. The lowest BCUT2D eigenvalue weighted by Gasteiger charge is -2.27. The van der Waals surface area contributed by atoms with Gasteiger partial charge in [-0.25, -0.2) is 13.4 Å². The molecule has 28 heavy (non-hydrogen) atoms. The summed E-state index contributed by atoms with van der Waals surface area (Å²) in [5, 5.41) is 10.4. The summed E-state index contributed by atoms with van der Waals surface area (Å²) in [7, 11) is -3.44. The van der Waals surface area contributed by atoms with Crippen molar-refractivity contribution in [2.24, 2.45) is 0 Å². The van der Waals surface area contributed by atoms with Crippen LogP contribution in [0.5, 0.6) is 5.88 Å². The maximum atomic E-state index is 13.2. The van der Waals surface area contributed by atoms with Gasteiger partial charge in [-0.15, -0.1) is 0 Å². The lowest BCUT2D eigenvalue weighted by atomic mass is 10.0. The molecule has 9 heteroatoms. The third kappa shape index (κ3) is 4.30. The van der Waals surface area contributed by atoms with E-state index in [9.17, 15) is 26.7 Å². The van der Waals surface area contributed by atoms with Crippen LogP contribution in [-0.4, -0.2) is 36.5 Å². The van der Waals surface area contributed by atoms with Crippen LogP contribution in [-0.2, 0) is 16.0 Å². The molecule has 1 saturated carbocycles. The number of benzene rings is 1. The van der Waals surface area contributed by atoms with Crippen LogP contribution in [0, 0.1) is 0 Å². The summed E-state index contributed by atoms with van der Waals surface area (Å²) in [6.07, 6.45) is -1.63. The van der Waals surface area contributed by atoms with E-state index in [2.05, 4.69) is 4.98 Å². The average Bonchev–Trinajstić information content (AvgIpc) is 2.92. The van der Waals surface area contributed by atoms with Crippen molar-refractivity contribution < 1.29 is 31.4 Å². The Labute approximate surface area is 161 Å². The Kier molecular flexibility index (Phi) is 5.18. The van der Waals surface area contributed by atoms with Crippen molar-refractivity contribution in [1.82, 2.24) is 4.98 Å². The highest BCUT2D eigenvalue weighted by Crippen LogP contribution is 2.39. The largest absolute Gasteiger partial charge is 0.471 e. The monoisotopic (exact) mass is 415 g/mol. The van der Waals surface area contributed by atoms with Crippen molar-refractivity contribution in [2.75, 3.05) is 6.26 Å². The fourth-order valence-electron chi connectivity index (χ4n) is 3.23. The minimum absolute atomic E-state index is 0.0349. The molecule has 2 atom stereocenters. The molecule has 1 aliphatic rings. The van der Waals surface area contributed by atoms with Crippen molar-refractivity contribution in [2.45, 2.75) is 49.0 Å². The number of aromatic nitrogens is 1. The quantitative estimate of drug-likeness (QED) is 0.821. The molecule has 0 saturated heterocycles. The van der Waals surface area contributed by atoms with Crippen molar-refractivity contribution >= 4 is 9.84 Å². The number of pyridine rings is 1. The van der Waals surface area contributed by atoms with Crippen LogP contribution < -0.4 is 4.74 Å². The molecule has 1 aliphatic carbocycles. The molecule has 3 rings (SSSR count). The number of hydrogen-bond donors (Lipinski definition) is 1. The van der Waals surface area contributed by atoms with E-state index in [0.29, 0.717) is 24.6 Å². The molecule has 0 spiro atoms. The molecule has 1 aromatic heterocycles. The van der Waals surface area contributed by atoms with Gasteiger partial charge >= 0.3 is 6.18 Å². The molecule has 0 aliphatic heterocycles. The molecule has 1 fully saturated rings. The molecule has 0 radical (unpaired) electrons. The summed E-state index contributed by atoms with van der Waals surface area (Å²) in [6.45, 7) is 1.62. The summed E-state index contributed by atoms with van der Waals surface area (Å²) in [6, 6.07) is 6.38. The number of halogens is 3.